The van der Waals surface area contributed by atoms with E-state index in [1.54, 1.807) is 39.8 Å². The highest BCUT2D eigenvalue weighted by Crippen LogP contribution is 2.32. The molecule has 2 rings (SSSR count). The van der Waals surface area contributed by atoms with Crippen molar-refractivity contribution in [2.75, 3.05) is 13.2 Å². The summed E-state index contributed by atoms with van der Waals surface area (Å²) >= 11 is 0. The van der Waals surface area contributed by atoms with E-state index in [0.29, 0.717) is 47.0 Å². The molecule has 0 saturated carbocycles. The van der Waals surface area contributed by atoms with Crippen LogP contribution in [0.4, 0.5) is 0 Å². The first kappa shape index (κ1) is 36.7. The number of unbranched alkanes of at least 4 members (excludes halogenated alkanes) is 6. The molecule has 0 atom stereocenters. The Hall–Kier alpha value is -3.30. The van der Waals surface area contributed by atoms with Crippen LogP contribution in [-0.4, -0.2) is 50.7 Å². The fourth-order valence-electron chi connectivity index (χ4n) is 4.28. The van der Waals surface area contributed by atoms with Crippen LogP contribution >= 0.6 is 0 Å². The average Bonchev–Trinajstić information content (AvgIpc) is 2.92. The summed E-state index contributed by atoms with van der Waals surface area (Å²) < 4.78 is 64.6. The number of aryl methyl sites for hydroxylation is 4. The van der Waals surface area contributed by atoms with Crippen molar-refractivity contribution in [1.29, 1.82) is 0 Å². The number of hydrogen-bond donors (Lipinski definition) is 0. The quantitative estimate of drug-likeness (QED) is 0.0761. The normalized spacial score (nSPS) is 11.1. The lowest BCUT2D eigenvalue weighted by atomic mass is 10.1. The minimum Gasteiger partial charge on any atom is -0.493 e. The van der Waals surface area contributed by atoms with E-state index in [2.05, 4.69) is 30.1 Å². The summed E-state index contributed by atoms with van der Waals surface area (Å²) in [6.45, 7) is 14.4. The fourth-order valence-corrected chi connectivity index (χ4v) is 8.19. The number of rotatable bonds is 14. The highest BCUT2D eigenvalue weighted by atomic mass is 32.3. The molecule has 232 valence electrons. The minimum absolute atomic E-state index is 0.254. The van der Waals surface area contributed by atoms with Crippen molar-refractivity contribution >= 4 is 30.8 Å². The zero-order valence-corrected chi connectivity index (χ0v) is 27.3. The van der Waals surface area contributed by atoms with Crippen LogP contribution in [-0.2, 0) is 19.7 Å². The molecule has 2 aromatic rings. The summed E-state index contributed by atoms with van der Waals surface area (Å²) in [5.41, 5.74) is 18.4. The van der Waals surface area contributed by atoms with Gasteiger partial charge in [-0.05, 0) is 87.1 Å². The molecule has 2 aromatic carbocycles. The Kier molecular flexibility index (Phi) is 15.4. The molecule has 0 saturated heterocycles. The Bertz CT molecular complexity index is 1410. The number of nitrogens with zero attached hydrogens (tertiary/aromatic N) is 4. The second kappa shape index (κ2) is 17.6. The molecule has 0 heterocycles. The van der Waals surface area contributed by atoms with Gasteiger partial charge in [0.05, 0.1) is 23.0 Å². The smallest absolute Gasteiger partial charge is 0.493 e. The molecule has 10 nitrogen and oxygen atoms in total. The summed E-state index contributed by atoms with van der Waals surface area (Å²) in [5, 5.41) is 0. The standard InChI is InChI=1S/C29H42N2O6S2.CH2N2/c1-7-9-11-13-15-36-25-17-23(5)27(19-21(25)3)38(32,33)29(31-30)39(34,35)28-20-22(4)26(18-24(28)6)37-16-14-12-10-8-2;1-3-2/h17-20H,7-16H2,1-6H3;1H2. The van der Waals surface area contributed by atoms with Gasteiger partial charge in [0.2, 0.25) is 6.72 Å². The molecule has 0 amide bonds. The zero-order chi connectivity index (χ0) is 31.9. The second-order valence-electron chi connectivity index (χ2n) is 10.1. The maximum Gasteiger partial charge on any atom is 0.504 e. The maximum absolute atomic E-state index is 13.6. The molecular weight excluding hydrogens is 576 g/mol. The van der Waals surface area contributed by atoms with Gasteiger partial charge in [-0.1, -0.05) is 52.4 Å². The third-order valence-electron chi connectivity index (χ3n) is 6.58. The van der Waals surface area contributed by atoms with Crippen molar-refractivity contribution in [3.05, 3.63) is 57.6 Å². The van der Waals surface area contributed by atoms with Crippen molar-refractivity contribution in [3.63, 3.8) is 0 Å². The fraction of sp³-hybridized carbons (Fsp3) is 0.533. The van der Waals surface area contributed by atoms with Gasteiger partial charge in [-0.3, -0.25) is 0 Å². The highest BCUT2D eigenvalue weighted by molar-refractivity contribution is 8.31. The third-order valence-corrected chi connectivity index (χ3v) is 11.0. The summed E-state index contributed by atoms with van der Waals surface area (Å²) in [6, 6.07) is 5.87. The van der Waals surface area contributed by atoms with Crippen molar-refractivity contribution in [2.45, 2.75) is 103 Å². The van der Waals surface area contributed by atoms with Crippen LogP contribution in [0, 0.1) is 27.7 Å². The number of ether oxygens (including phenoxy) is 2. The predicted molar refractivity (Wildman–Crippen MR) is 165 cm³/mol. The van der Waals surface area contributed by atoms with Crippen LogP contribution in [0.1, 0.15) is 87.5 Å². The van der Waals surface area contributed by atoms with Crippen LogP contribution < -0.4 is 9.47 Å². The molecule has 0 N–H and O–H groups in total. The zero-order valence-electron chi connectivity index (χ0n) is 25.6. The topological polar surface area (TPSA) is 160 Å². The summed E-state index contributed by atoms with van der Waals surface area (Å²) in [5.74, 6) is 1.06. The Morgan fingerprint density at radius 1 is 0.667 bits per heavy atom. The van der Waals surface area contributed by atoms with Gasteiger partial charge in [0.1, 0.15) is 11.5 Å². The van der Waals surface area contributed by atoms with E-state index in [9.17, 15) is 22.4 Å². The molecule has 0 radical (unpaired) electrons. The van der Waals surface area contributed by atoms with Crippen molar-refractivity contribution < 1.29 is 35.9 Å². The van der Waals surface area contributed by atoms with Crippen molar-refractivity contribution in [3.8, 4) is 11.5 Å². The molecule has 0 aliphatic rings. The number of hydrogen-bond acceptors (Lipinski definition) is 6. The predicted octanol–water partition coefficient (Wildman–Crippen LogP) is 6.59. The van der Waals surface area contributed by atoms with E-state index in [1.807, 2.05) is 0 Å². The summed E-state index contributed by atoms with van der Waals surface area (Å²) in [4.78, 5) is 4.55. The molecular formula is C30H44N4O6S2. The van der Waals surface area contributed by atoms with Crippen LogP contribution in [0.2, 0.25) is 0 Å². The van der Waals surface area contributed by atoms with Crippen LogP contribution in [0.3, 0.4) is 0 Å². The van der Waals surface area contributed by atoms with E-state index < -0.39 is 24.1 Å². The van der Waals surface area contributed by atoms with Gasteiger partial charge in [-0.15, -0.1) is 4.79 Å². The molecule has 12 heteroatoms. The average molecular weight is 621 g/mol. The highest BCUT2D eigenvalue weighted by Gasteiger charge is 2.45. The first-order valence-electron chi connectivity index (χ1n) is 14.1. The Morgan fingerprint density at radius 3 is 1.33 bits per heavy atom. The molecule has 0 spiro atoms. The molecule has 0 aliphatic carbocycles. The Balaban J connectivity index is 0.00000281. The molecule has 42 heavy (non-hydrogen) atoms. The van der Waals surface area contributed by atoms with E-state index in [1.165, 1.54) is 12.1 Å². The molecule has 0 unspecified atom stereocenters. The van der Waals surface area contributed by atoms with E-state index in [-0.39, 0.29) is 9.79 Å². The first-order valence-corrected chi connectivity index (χ1v) is 17.1. The largest absolute Gasteiger partial charge is 0.504 e. The Morgan fingerprint density at radius 2 is 1.02 bits per heavy atom. The molecule has 0 bridgehead atoms. The minimum atomic E-state index is -4.70. The number of sulfone groups is 2. The van der Waals surface area contributed by atoms with Crippen LogP contribution in [0.15, 0.2) is 34.1 Å². The van der Waals surface area contributed by atoms with Gasteiger partial charge in [0.25, 0.3) is 19.7 Å². The van der Waals surface area contributed by atoms with Crippen LogP contribution in [0.25, 0.3) is 11.1 Å². The Labute approximate surface area is 251 Å². The summed E-state index contributed by atoms with van der Waals surface area (Å²) in [6.07, 6.45) is 8.30. The first-order chi connectivity index (χ1) is 19.8. The molecule has 0 aliphatic heterocycles. The maximum atomic E-state index is 13.6. The number of benzene rings is 2. The van der Waals surface area contributed by atoms with E-state index >= 15 is 0 Å². The molecule has 0 fully saturated rings. The second-order valence-corrected chi connectivity index (χ2v) is 14.0. The van der Waals surface area contributed by atoms with Gasteiger partial charge in [-0.25, -0.2) is 16.8 Å². The van der Waals surface area contributed by atoms with Crippen LogP contribution in [0.5, 0.6) is 11.5 Å². The van der Waals surface area contributed by atoms with Gasteiger partial charge in [0, 0.05) is 0 Å². The van der Waals surface area contributed by atoms with Crippen molar-refractivity contribution in [1.82, 2.24) is 0 Å². The lowest BCUT2D eigenvalue weighted by Gasteiger charge is -2.14. The monoisotopic (exact) mass is 620 g/mol. The third kappa shape index (κ3) is 9.91. The summed E-state index contributed by atoms with van der Waals surface area (Å²) in [7, 11) is -9.39. The lowest BCUT2D eigenvalue weighted by Crippen LogP contribution is -2.27. The van der Waals surface area contributed by atoms with E-state index in [4.69, 9.17) is 15.0 Å². The van der Waals surface area contributed by atoms with Gasteiger partial charge in [0.15, 0.2) is 0 Å². The van der Waals surface area contributed by atoms with Gasteiger partial charge in [-0.2, -0.15) is 4.79 Å². The van der Waals surface area contributed by atoms with E-state index in [0.717, 1.165) is 51.4 Å². The van der Waals surface area contributed by atoms with Gasteiger partial charge < -0.3 is 20.5 Å². The molecule has 0 aromatic heterocycles. The lowest BCUT2D eigenvalue weighted by molar-refractivity contribution is 0.00377. The van der Waals surface area contributed by atoms with Gasteiger partial charge >= 0.3 is 4.38 Å². The SMILES string of the molecule is C=[N+]=[N-].CCCCCCOc1cc(C)c(S(=O)(=O)C(=[N+]=[N-])S(=O)(=O)c2cc(C)c(OCCCCCC)cc2C)cc1C. The van der Waals surface area contributed by atoms with Crippen molar-refractivity contribution in [2.24, 2.45) is 0 Å².